The maximum atomic E-state index is 6.15. The highest BCUT2D eigenvalue weighted by Crippen LogP contribution is 2.18. The Morgan fingerprint density at radius 3 is 2.71 bits per heavy atom. The Morgan fingerprint density at radius 2 is 1.95 bits per heavy atom. The molecule has 112 valence electrons. The monoisotopic (exact) mass is 288 g/mol. The van der Waals surface area contributed by atoms with Gasteiger partial charge in [-0.15, -0.1) is 0 Å². The molecule has 2 N–H and O–H groups in total. The standard InChI is InChI=1S/C15H20N4O2/c16-13(7-6-12-4-2-1-3-5-12)14-17-15(18-21-14)19-8-10-20-11-9-19/h1-5,13H,6-11,16H2. The maximum Gasteiger partial charge on any atom is 0.266 e. The summed E-state index contributed by atoms with van der Waals surface area (Å²) >= 11 is 0. The summed E-state index contributed by atoms with van der Waals surface area (Å²) in [6, 6.07) is 10.0. The summed E-state index contributed by atoms with van der Waals surface area (Å²) in [6.07, 6.45) is 1.69. The van der Waals surface area contributed by atoms with E-state index < -0.39 is 0 Å². The fraction of sp³-hybridized carbons (Fsp3) is 0.467. The van der Waals surface area contributed by atoms with Gasteiger partial charge in [0.25, 0.3) is 5.95 Å². The quantitative estimate of drug-likeness (QED) is 0.899. The van der Waals surface area contributed by atoms with Gasteiger partial charge in [0.15, 0.2) is 0 Å². The zero-order valence-corrected chi connectivity index (χ0v) is 11.9. The molecule has 6 heteroatoms. The van der Waals surface area contributed by atoms with Crippen LogP contribution in [0.25, 0.3) is 0 Å². The third-order valence-corrected chi connectivity index (χ3v) is 3.63. The molecule has 1 atom stereocenters. The second-order valence-electron chi connectivity index (χ2n) is 5.16. The highest BCUT2D eigenvalue weighted by molar-refractivity contribution is 5.28. The number of aryl methyl sites for hydroxylation is 1. The van der Waals surface area contributed by atoms with Crippen molar-refractivity contribution in [2.24, 2.45) is 5.73 Å². The summed E-state index contributed by atoms with van der Waals surface area (Å²) in [4.78, 5) is 6.47. The molecule has 1 aliphatic rings. The molecule has 1 saturated heterocycles. The highest BCUT2D eigenvalue weighted by atomic mass is 16.5. The van der Waals surface area contributed by atoms with E-state index in [1.165, 1.54) is 5.56 Å². The van der Waals surface area contributed by atoms with E-state index in [1.54, 1.807) is 0 Å². The van der Waals surface area contributed by atoms with Crippen LogP contribution in [0.2, 0.25) is 0 Å². The first-order chi connectivity index (χ1) is 10.3. The number of aromatic nitrogens is 2. The Hall–Kier alpha value is -1.92. The van der Waals surface area contributed by atoms with E-state index in [9.17, 15) is 0 Å². The lowest BCUT2D eigenvalue weighted by atomic mass is 10.1. The Morgan fingerprint density at radius 1 is 1.19 bits per heavy atom. The molecule has 1 aliphatic heterocycles. The smallest absolute Gasteiger partial charge is 0.266 e. The zero-order valence-electron chi connectivity index (χ0n) is 11.9. The van der Waals surface area contributed by atoms with Crippen molar-refractivity contribution in [3.05, 3.63) is 41.8 Å². The Kier molecular flexibility index (Phi) is 4.47. The number of nitrogens with zero attached hydrogens (tertiary/aromatic N) is 3. The van der Waals surface area contributed by atoms with Gasteiger partial charge in [0.1, 0.15) is 0 Å². The van der Waals surface area contributed by atoms with Gasteiger partial charge in [0.2, 0.25) is 5.89 Å². The van der Waals surface area contributed by atoms with Crippen LogP contribution in [0.1, 0.15) is 23.9 Å². The third kappa shape index (κ3) is 3.59. The molecular weight excluding hydrogens is 268 g/mol. The van der Waals surface area contributed by atoms with Crippen molar-refractivity contribution in [1.29, 1.82) is 0 Å². The lowest BCUT2D eigenvalue weighted by molar-refractivity contribution is 0.121. The molecule has 0 radical (unpaired) electrons. The van der Waals surface area contributed by atoms with Crippen molar-refractivity contribution in [1.82, 2.24) is 10.1 Å². The molecule has 1 fully saturated rings. The Labute approximate surface area is 123 Å². The van der Waals surface area contributed by atoms with Gasteiger partial charge < -0.3 is 19.9 Å². The van der Waals surface area contributed by atoms with Crippen LogP contribution in [0.15, 0.2) is 34.9 Å². The van der Waals surface area contributed by atoms with Gasteiger partial charge in [-0.25, -0.2) is 0 Å². The number of hydrogen-bond acceptors (Lipinski definition) is 6. The van der Waals surface area contributed by atoms with E-state index in [1.807, 2.05) is 18.2 Å². The average molecular weight is 288 g/mol. The number of morpholine rings is 1. The zero-order chi connectivity index (χ0) is 14.5. The van der Waals surface area contributed by atoms with Gasteiger partial charge in [-0.1, -0.05) is 30.3 Å². The predicted octanol–water partition coefficient (Wildman–Crippen LogP) is 1.54. The number of anilines is 1. The normalized spacial score (nSPS) is 16.9. The fourth-order valence-electron chi connectivity index (χ4n) is 2.36. The minimum Gasteiger partial charge on any atom is -0.378 e. The van der Waals surface area contributed by atoms with Crippen molar-refractivity contribution in [3.8, 4) is 0 Å². The molecule has 21 heavy (non-hydrogen) atoms. The molecule has 0 saturated carbocycles. The molecule has 2 heterocycles. The number of ether oxygens (including phenoxy) is 1. The van der Waals surface area contributed by atoms with E-state index in [2.05, 4.69) is 27.2 Å². The molecule has 3 rings (SSSR count). The van der Waals surface area contributed by atoms with Crippen molar-refractivity contribution >= 4 is 5.95 Å². The molecule has 6 nitrogen and oxygen atoms in total. The lowest BCUT2D eigenvalue weighted by Crippen LogP contribution is -2.36. The second-order valence-corrected chi connectivity index (χ2v) is 5.16. The first kappa shape index (κ1) is 14.0. The first-order valence-corrected chi connectivity index (χ1v) is 7.29. The molecule has 0 aliphatic carbocycles. The van der Waals surface area contributed by atoms with Gasteiger partial charge in [-0.3, -0.25) is 0 Å². The number of hydrogen-bond donors (Lipinski definition) is 1. The molecule has 0 spiro atoms. The summed E-state index contributed by atoms with van der Waals surface area (Å²) in [5.41, 5.74) is 7.41. The van der Waals surface area contributed by atoms with Crippen LogP contribution in [0.5, 0.6) is 0 Å². The Balaban J connectivity index is 1.57. The van der Waals surface area contributed by atoms with E-state index in [4.69, 9.17) is 15.0 Å². The van der Waals surface area contributed by atoms with E-state index in [-0.39, 0.29) is 6.04 Å². The molecule has 1 aromatic carbocycles. The maximum absolute atomic E-state index is 6.15. The topological polar surface area (TPSA) is 77.4 Å². The van der Waals surface area contributed by atoms with Crippen molar-refractivity contribution in [2.45, 2.75) is 18.9 Å². The van der Waals surface area contributed by atoms with Gasteiger partial charge in [0, 0.05) is 13.1 Å². The van der Waals surface area contributed by atoms with Crippen LogP contribution in [0, 0.1) is 0 Å². The number of rotatable bonds is 5. The minimum absolute atomic E-state index is 0.229. The van der Waals surface area contributed by atoms with Gasteiger partial charge >= 0.3 is 0 Å². The molecule has 1 aromatic heterocycles. The van der Waals surface area contributed by atoms with Crippen LogP contribution < -0.4 is 10.6 Å². The Bertz CT molecular complexity index is 552. The van der Waals surface area contributed by atoms with Gasteiger partial charge in [0.05, 0.1) is 19.3 Å². The van der Waals surface area contributed by atoms with Crippen LogP contribution in [-0.4, -0.2) is 36.4 Å². The predicted molar refractivity (Wildman–Crippen MR) is 79.0 cm³/mol. The van der Waals surface area contributed by atoms with E-state index in [0.29, 0.717) is 25.1 Å². The van der Waals surface area contributed by atoms with Crippen molar-refractivity contribution < 1.29 is 9.26 Å². The molecule has 0 amide bonds. The highest BCUT2D eigenvalue weighted by Gasteiger charge is 2.20. The number of benzene rings is 1. The average Bonchev–Trinajstić information content (AvgIpc) is 3.04. The second kappa shape index (κ2) is 6.69. The number of nitrogens with two attached hydrogens (primary N) is 1. The SMILES string of the molecule is NC(CCc1ccccc1)c1nc(N2CCOCC2)no1. The minimum atomic E-state index is -0.229. The molecular formula is C15H20N4O2. The molecule has 1 unspecified atom stereocenters. The largest absolute Gasteiger partial charge is 0.378 e. The summed E-state index contributed by atoms with van der Waals surface area (Å²) in [7, 11) is 0. The summed E-state index contributed by atoms with van der Waals surface area (Å²) in [5.74, 6) is 1.12. The summed E-state index contributed by atoms with van der Waals surface area (Å²) in [5, 5.41) is 4.02. The lowest BCUT2D eigenvalue weighted by Gasteiger charge is -2.24. The third-order valence-electron chi connectivity index (χ3n) is 3.63. The molecule has 0 bridgehead atoms. The van der Waals surface area contributed by atoms with Crippen molar-refractivity contribution in [2.75, 3.05) is 31.2 Å². The van der Waals surface area contributed by atoms with Crippen LogP contribution in [0.4, 0.5) is 5.95 Å². The van der Waals surface area contributed by atoms with Crippen LogP contribution in [-0.2, 0) is 11.2 Å². The first-order valence-electron chi connectivity index (χ1n) is 7.29. The fourth-order valence-corrected chi connectivity index (χ4v) is 2.36. The van der Waals surface area contributed by atoms with Gasteiger partial charge in [-0.05, 0) is 23.6 Å². The van der Waals surface area contributed by atoms with Gasteiger partial charge in [-0.2, -0.15) is 4.98 Å². The summed E-state index contributed by atoms with van der Waals surface area (Å²) < 4.78 is 10.6. The summed E-state index contributed by atoms with van der Waals surface area (Å²) in [6.45, 7) is 2.98. The van der Waals surface area contributed by atoms with E-state index in [0.717, 1.165) is 25.9 Å². The van der Waals surface area contributed by atoms with Crippen LogP contribution >= 0.6 is 0 Å². The molecule has 2 aromatic rings. The van der Waals surface area contributed by atoms with Crippen LogP contribution in [0.3, 0.4) is 0 Å². The van der Waals surface area contributed by atoms with Crippen molar-refractivity contribution in [3.63, 3.8) is 0 Å². The van der Waals surface area contributed by atoms with E-state index >= 15 is 0 Å².